The summed E-state index contributed by atoms with van der Waals surface area (Å²) in [5.74, 6) is 1.57. The fraction of sp³-hybridized carbons (Fsp3) is 0.364. The molecule has 0 aliphatic heterocycles. The minimum Gasteiger partial charge on any atom is -0.430 e. The summed E-state index contributed by atoms with van der Waals surface area (Å²) in [4.78, 5) is 6.87. The largest absolute Gasteiger partial charge is 0.430 e. The summed E-state index contributed by atoms with van der Waals surface area (Å²) in [7, 11) is 2.15. The summed E-state index contributed by atoms with van der Waals surface area (Å²) < 4.78 is 10.5. The first-order valence-electron chi connectivity index (χ1n) is 9.33. The van der Waals surface area contributed by atoms with Gasteiger partial charge in [0.2, 0.25) is 0 Å². The van der Waals surface area contributed by atoms with Gasteiger partial charge in [-0.1, -0.05) is 42.8 Å². The molecule has 0 aliphatic carbocycles. The van der Waals surface area contributed by atoms with Crippen LogP contribution in [0.5, 0.6) is 10.9 Å². The number of ether oxygens (including phenoxy) is 1. The summed E-state index contributed by atoms with van der Waals surface area (Å²) in [5, 5.41) is 0.576. The van der Waals surface area contributed by atoms with Gasteiger partial charge in [-0.3, -0.25) is 0 Å². The van der Waals surface area contributed by atoms with E-state index in [9.17, 15) is 0 Å². The third-order valence-electron chi connectivity index (χ3n) is 4.85. The molecule has 4 nitrogen and oxygen atoms in total. The van der Waals surface area contributed by atoms with E-state index >= 15 is 0 Å². The van der Waals surface area contributed by atoms with Crippen LogP contribution in [0.25, 0.3) is 11.4 Å². The lowest BCUT2D eigenvalue weighted by molar-refractivity contribution is 0.357. The first-order chi connectivity index (χ1) is 13.0. The molecular weight excluding hydrogens is 354 g/mol. The number of aromatic nitrogens is 2. The van der Waals surface area contributed by atoms with Crippen LogP contribution in [0.15, 0.2) is 36.4 Å². The summed E-state index contributed by atoms with van der Waals surface area (Å²) in [5.41, 5.74) is 5.99. The maximum absolute atomic E-state index is 6.05. The van der Waals surface area contributed by atoms with Gasteiger partial charge in [0.15, 0.2) is 5.82 Å². The highest BCUT2D eigenvalue weighted by atomic mass is 32.1. The van der Waals surface area contributed by atoms with E-state index in [0.717, 1.165) is 36.4 Å². The first-order valence-corrected chi connectivity index (χ1v) is 10.1. The monoisotopic (exact) mass is 381 g/mol. The van der Waals surface area contributed by atoms with Crippen LogP contribution < -0.4 is 4.74 Å². The molecule has 0 amide bonds. The van der Waals surface area contributed by atoms with Crippen molar-refractivity contribution in [1.82, 2.24) is 14.3 Å². The van der Waals surface area contributed by atoms with Gasteiger partial charge in [-0.15, -0.1) is 0 Å². The van der Waals surface area contributed by atoms with E-state index in [1.54, 1.807) is 0 Å². The van der Waals surface area contributed by atoms with Crippen molar-refractivity contribution in [3.05, 3.63) is 58.7 Å². The summed E-state index contributed by atoms with van der Waals surface area (Å²) in [6.07, 6.45) is 1.05. The zero-order chi connectivity index (χ0) is 19.4. The highest BCUT2D eigenvalue weighted by molar-refractivity contribution is 7.07. The molecule has 0 saturated carbocycles. The number of benzene rings is 2. The Bertz CT molecular complexity index is 902. The Morgan fingerprint density at radius 2 is 1.78 bits per heavy atom. The van der Waals surface area contributed by atoms with Gasteiger partial charge in [0, 0.05) is 23.6 Å². The maximum Gasteiger partial charge on any atom is 0.299 e. The fourth-order valence-electron chi connectivity index (χ4n) is 2.86. The van der Waals surface area contributed by atoms with Crippen LogP contribution in [-0.4, -0.2) is 34.4 Å². The molecule has 27 heavy (non-hydrogen) atoms. The Hall–Kier alpha value is -2.24. The lowest BCUT2D eigenvalue weighted by Gasteiger charge is -2.16. The van der Waals surface area contributed by atoms with Gasteiger partial charge >= 0.3 is 0 Å². The fourth-order valence-corrected chi connectivity index (χ4v) is 3.43. The third-order valence-corrected chi connectivity index (χ3v) is 5.45. The topological polar surface area (TPSA) is 38.2 Å². The van der Waals surface area contributed by atoms with Crippen LogP contribution in [0, 0.1) is 20.8 Å². The molecule has 0 radical (unpaired) electrons. The average Bonchev–Trinajstić information content (AvgIpc) is 3.12. The van der Waals surface area contributed by atoms with Crippen molar-refractivity contribution in [1.29, 1.82) is 0 Å². The molecule has 142 valence electrons. The quantitative estimate of drug-likeness (QED) is 0.548. The minimum absolute atomic E-state index is 0.576. The Balaban J connectivity index is 1.74. The zero-order valence-electron chi connectivity index (χ0n) is 16.7. The van der Waals surface area contributed by atoms with Crippen molar-refractivity contribution in [3.8, 4) is 22.3 Å². The zero-order valence-corrected chi connectivity index (χ0v) is 17.6. The van der Waals surface area contributed by atoms with Gasteiger partial charge in [0.1, 0.15) is 5.75 Å². The van der Waals surface area contributed by atoms with Crippen molar-refractivity contribution >= 4 is 11.5 Å². The maximum atomic E-state index is 6.05. The molecule has 0 unspecified atom stereocenters. The number of rotatable bonds is 7. The van der Waals surface area contributed by atoms with Gasteiger partial charge in [0.05, 0.1) is 0 Å². The molecule has 1 heterocycles. The molecule has 0 aliphatic rings. The number of hydrogen-bond donors (Lipinski definition) is 0. The lowest BCUT2D eigenvalue weighted by Crippen LogP contribution is -2.20. The predicted octanol–water partition coefficient (Wildman–Crippen LogP) is 5.42. The molecule has 2 aromatic carbocycles. The molecule has 0 atom stereocenters. The summed E-state index contributed by atoms with van der Waals surface area (Å²) in [6.45, 7) is 10.6. The predicted molar refractivity (Wildman–Crippen MR) is 113 cm³/mol. The molecule has 0 saturated heterocycles. The molecule has 0 spiro atoms. The number of nitrogens with zero attached hydrogens (tertiary/aromatic N) is 3. The van der Waals surface area contributed by atoms with Crippen LogP contribution in [0.2, 0.25) is 0 Å². The van der Waals surface area contributed by atoms with E-state index in [2.05, 4.69) is 73.3 Å². The second-order valence-corrected chi connectivity index (χ2v) is 7.76. The van der Waals surface area contributed by atoms with Gasteiger partial charge < -0.3 is 9.64 Å². The Morgan fingerprint density at radius 3 is 2.48 bits per heavy atom. The molecule has 0 N–H and O–H groups in total. The van der Waals surface area contributed by atoms with Crippen LogP contribution in [-0.2, 0) is 6.42 Å². The molecule has 0 bridgehead atoms. The van der Waals surface area contributed by atoms with E-state index in [0.29, 0.717) is 11.0 Å². The van der Waals surface area contributed by atoms with Crippen LogP contribution >= 0.6 is 11.5 Å². The summed E-state index contributed by atoms with van der Waals surface area (Å²) in [6, 6.07) is 12.6. The second-order valence-electron chi connectivity index (χ2n) is 7.04. The van der Waals surface area contributed by atoms with Crippen molar-refractivity contribution in [2.75, 3.05) is 20.1 Å². The standard InChI is InChI=1S/C22H27N3OS/c1-6-25(5)12-11-19-13-17(4)20(14-16(19)3)26-22-23-21(24-27-22)18-9-7-15(2)8-10-18/h7-10,13-14H,6,11-12H2,1-5H3. The minimum atomic E-state index is 0.576. The lowest BCUT2D eigenvalue weighted by atomic mass is 10.0. The second kappa shape index (κ2) is 8.63. The van der Waals surface area contributed by atoms with Gasteiger partial charge in [-0.05, 0) is 63.5 Å². The van der Waals surface area contributed by atoms with Crippen molar-refractivity contribution in [2.45, 2.75) is 34.1 Å². The molecule has 1 aromatic heterocycles. The molecule has 3 rings (SSSR count). The van der Waals surface area contributed by atoms with Crippen LogP contribution in [0.4, 0.5) is 0 Å². The van der Waals surface area contributed by atoms with E-state index in [1.807, 2.05) is 12.1 Å². The molecular formula is C22H27N3OS. The van der Waals surface area contributed by atoms with Crippen molar-refractivity contribution in [3.63, 3.8) is 0 Å². The van der Waals surface area contributed by atoms with Crippen molar-refractivity contribution in [2.24, 2.45) is 0 Å². The Kier molecular flexibility index (Phi) is 6.24. The molecule has 0 fully saturated rings. The average molecular weight is 382 g/mol. The normalized spacial score (nSPS) is 11.2. The van der Waals surface area contributed by atoms with E-state index in [4.69, 9.17) is 4.74 Å². The van der Waals surface area contributed by atoms with Gasteiger partial charge in [0.25, 0.3) is 5.19 Å². The SMILES string of the molecule is CCN(C)CCc1cc(C)c(Oc2nc(-c3ccc(C)cc3)ns2)cc1C. The molecule has 3 aromatic rings. The van der Waals surface area contributed by atoms with E-state index in [-0.39, 0.29) is 0 Å². The van der Waals surface area contributed by atoms with Crippen molar-refractivity contribution < 1.29 is 4.74 Å². The number of aryl methyl sites for hydroxylation is 3. The van der Waals surface area contributed by atoms with Crippen LogP contribution in [0.1, 0.15) is 29.2 Å². The van der Waals surface area contributed by atoms with E-state index < -0.39 is 0 Å². The first kappa shape index (κ1) is 19.5. The number of hydrogen-bond acceptors (Lipinski definition) is 5. The summed E-state index contributed by atoms with van der Waals surface area (Å²) >= 11 is 1.29. The van der Waals surface area contributed by atoms with Gasteiger partial charge in [-0.25, -0.2) is 0 Å². The Labute approximate surface area is 166 Å². The highest BCUT2D eigenvalue weighted by Crippen LogP contribution is 2.31. The van der Waals surface area contributed by atoms with E-state index in [1.165, 1.54) is 28.2 Å². The smallest absolute Gasteiger partial charge is 0.299 e. The molecule has 5 heteroatoms. The number of likely N-dealkylation sites (N-methyl/N-ethyl adjacent to an activating group) is 1. The Morgan fingerprint density at radius 1 is 1.04 bits per heavy atom. The third kappa shape index (κ3) is 4.93. The van der Waals surface area contributed by atoms with Crippen LogP contribution in [0.3, 0.4) is 0 Å². The van der Waals surface area contributed by atoms with Gasteiger partial charge in [-0.2, -0.15) is 9.36 Å². The highest BCUT2D eigenvalue weighted by Gasteiger charge is 2.12.